The van der Waals surface area contributed by atoms with Gasteiger partial charge in [0.05, 0.1) is 17.7 Å². The van der Waals surface area contributed by atoms with Gasteiger partial charge in [-0.05, 0) is 53.8 Å². The molecule has 162 valence electrons. The van der Waals surface area contributed by atoms with Crippen LogP contribution in [0.2, 0.25) is 0 Å². The van der Waals surface area contributed by atoms with Crippen molar-refractivity contribution in [2.24, 2.45) is 0 Å². The highest BCUT2D eigenvalue weighted by atomic mass is 32.2. The average Bonchev–Trinajstić information content (AvgIpc) is 3.11. The molecule has 1 heterocycles. The van der Waals surface area contributed by atoms with E-state index in [-0.39, 0.29) is 5.91 Å². The van der Waals surface area contributed by atoms with Gasteiger partial charge in [-0.15, -0.1) is 11.8 Å². The Hall–Kier alpha value is -2.74. The predicted octanol–water partition coefficient (Wildman–Crippen LogP) is 6.40. The van der Waals surface area contributed by atoms with E-state index in [4.69, 9.17) is 21.7 Å². The molecule has 0 bridgehead atoms. The second kappa shape index (κ2) is 10.3. The van der Waals surface area contributed by atoms with Crippen molar-refractivity contribution in [2.75, 3.05) is 18.3 Å². The molecule has 3 aromatic carbocycles. The van der Waals surface area contributed by atoms with Gasteiger partial charge in [0, 0.05) is 4.90 Å². The summed E-state index contributed by atoms with van der Waals surface area (Å²) in [5, 5.41) is 0. The summed E-state index contributed by atoms with van der Waals surface area (Å²) in [6, 6.07) is 23.4. The molecule has 1 aliphatic heterocycles. The SMILES string of the molecule is COc1cc(/C=C2/SC(=S)N(c3cccc(SC)c3)C2=O)ccc1OCc1ccccc1. The number of methoxy groups -OCH3 is 1. The van der Waals surface area contributed by atoms with E-state index in [1.165, 1.54) is 11.8 Å². The van der Waals surface area contributed by atoms with E-state index in [0.717, 1.165) is 21.7 Å². The normalized spacial score (nSPS) is 14.8. The molecule has 32 heavy (non-hydrogen) atoms. The van der Waals surface area contributed by atoms with Crippen molar-refractivity contribution < 1.29 is 14.3 Å². The third-order valence-corrected chi connectivity index (χ3v) is 6.86. The first kappa shape index (κ1) is 22.5. The molecule has 0 atom stereocenters. The number of amides is 1. The van der Waals surface area contributed by atoms with Crippen LogP contribution in [0.1, 0.15) is 11.1 Å². The second-order valence-electron chi connectivity index (χ2n) is 6.90. The second-order valence-corrected chi connectivity index (χ2v) is 9.46. The monoisotopic (exact) mass is 479 g/mol. The number of nitrogens with zero attached hydrogens (tertiary/aromatic N) is 1. The quantitative estimate of drug-likeness (QED) is 0.222. The summed E-state index contributed by atoms with van der Waals surface area (Å²) in [5.74, 6) is 1.13. The van der Waals surface area contributed by atoms with Crippen LogP contribution in [0.4, 0.5) is 5.69 Å². The largest absolute Gasteiger partial charge is 0.493 e. The molecule has 4 rings (SSSR count). The molecule has 4 nitrogen and oxygen atoms in total. The molecular formula is C25H21NO3S3. The van der Waals surface area contributed by atoms with Crippen molar-refractivity contribution >= 4 is 57.7 Å². The highest BCUT2D eigenvalue weighted by Crippen LogP contribution is 2.38. The fourth-order valence-corrected chi connectivity index (χ4v) is 4.97. The van der Waals surface area contributed by atoms with Crippen LogP contribution in [-0.4, -0.2) is 23.6 Å². The van der Waals surface area contributed by atoms with E-state index in [0.29, 0.717) is 27.3 Å². The first-order valence-corrected chi connectivity index (χ1v) is 12.3. The van der Waals surface area contributed by atoms with Crippen molar-refractivity contribution in [3.8, 4) is 11.5 Å². The Morgan fingerprint density at radius 3 is 2.59 bits per heavy atom. The fourth-order valence-electron chi connectivity index (χ4n) is 3.22. The smallest absolute Gasteiger partial charge is 0.270 e. The molecule has 0 aliphatic carbocycles. The zero-order valence-electron chi connectivity index (χ0n) is 17.6. The van der Waals surface area contributed by atoms with Gasteiger partial charge >= 0.3 is 0 Å². The van der Waals surface area contributed by atoms with Crippen molar-refractivity contribution in [1.29, 1.82) is 0 Å². The maximum atomic E-state index is 13.1. The summed E-state index contributed by atoms with van der Waals surface area (Å²) < 4.78 is 12.0. The summed E-state index contributed by atoms with van der Waals surface area (Å²) >= 11 is 8.43. The lowest BCUT2D eigenvalue weighted by atomic mass is 10.1. The van der Waals surface area contributed by atoms with Crippen LogP contribution in [0, 0.1) is 0 Å². The van der Waals surface area contributed by atoms with E-state index < -0.39 is 0 Å². The van der Waals surface area contributed by atoms with E-state index in [1.807, 2.05) is 85.1 Å². The predicted molar refractivity (Wildman–Crippen MR) is 138 cm³/mol. The Bertz CT molecular complexity index is 1180. The molecule has 1 fully saturated rings. The van der Waals surface area contributed by atoms with E-state index >= 15 is 0 Å². The van der Waals surface area contributed by atoms with Gasteiger partial charge in [0.1, 0.15) is 6.61 Å². The van der Waals surface area contributed by atoms with Crippen LogP contribution in [0.15, 0.2) is 82.6 Å². The number of rotatable bonds is 7. The van der Waals surface area contributed by atoms with Gasteiger partial charge in [0.15, 0.2) is 15.8 Å². The minimum absolute atomic E-state index is 0.123. The maximum Gasteiger partial charge on any atom is 0.270 e. The molecule has 1 saturated heterocycles. The minimum atomic E-state index is -0.123. The molecule has 1 amide bonds. The summed E-state index contributed by atoms with van der Waals surface area (Å²) in [5.41, 5.74) is 2.70. The van der Waals surface area contributed by atoms with Gasteiger partial charge in [-0.3, -0.25) is 9.69 Å². The average molecular weight is 480 g/mol. The molecule has 7 heteroatoms. The van der Waals surface area contributed by atoms with Crippen LogP contribution in [0.5, 0.6) is 11.5 Å². The lowest BCUT2D eigenvalue weighted by Crippen LogP contribution is -2.27. The Morgan fingerprint density at radius 1 is 1.03 bits per heavy atom. The standard InChI is InChI=1S/C25H21NO3S3/c1-28-22-13-18(11-12-21(22)29-16-17-7-4-3-5-8-17)14-23-24(27)26(25(30)32-23)19-9-6-10-20(15-19)31-2/h3-15H,16H2,1-2H3/b23-14+. The number of thioether (sulfide) groups is 2. The van der Waals surface area contributed by atoms with Crippen molar-refractivity contribution in [1.82, 2.24) is 0 Å². The zero-order chi connectivity index (χ0) is 22.5. The van der Waals surface area contributed by atoms with Crippen LogP contribution < -0.4 is 14.4 Å². The molecule has 0 aromatic heterocycles. The van der Waals surface area contributed by atoms with Gasteiger partial charge in [-0.2, -0.15) is 0 Å². The number of hydrogen-bond donors (Lipinski definition) is 0. The molecule has 1 aliphatic rings. The number of thiocarbonyl (C=S) groups is 1. The number of carbonyl (C=O) groups is 1. The molecular weight excluding hydrogens is 458 g/mol. The topological polar surface area (TPSA) is 38.8 Å². The summed E-state index contributed by atoms with van der Waals surface area (Å²) in [4.78, 5) is 16.3. The molecule has 0 spiro atoms. The lowest BCUT2D eigenvalue weighted by molar-refractivity contribution is -0.113. The Balaban J connectivity index is 1.54. The third kappa shape index (κ3) is 5.01. The lowest BCUT2D eigenvalue weighted by Gasteiger charge is -2.15. The van der Waals surface area contributed by atoms with Crippen molar-refractivity contribution in [3.63, 3.8) is 0 Å². The minimum Gasteiger partial charge on any atom is -0.493 e. The fraction of sp³-hybridized carbons (Fsp3) is 0.120. The van der Waals surface area contributed by atoms with E-state index in [1.54, 1.807) is 23.8 Å². The van der Waals surface area contributed by atoms with Gasteiger partial charge < -0.3 is 9.47 Å². The Morgan fingerprint density at radius 2 is 1.84 bits per heavy atom. The first-order valence-electron chi connectivity index (χ1n) is 9.86. The number of benzene rings is 3. The van der Waals surface area contributed by atoms with E-state index in [2.05, 4.69) is 0 Å². The summed E-state index contributed by atoms with van der Waals surface area (Å²) in [6.07, 6.45) is 3.84. The summed E-state index contributed by atoms with van der Waals surface area (Å²) in [6.45, 7) is 0.449. The van der Waals surface area contributed by atoms with Gasteiger partial charge in [0.2, 0.25) is 0 Å². The molecule has 0 saturated carbocycles. The van der Waals surface area contributed by atoms with Crippen molar-refractivity contribution in [3.05, 3.63) is 88.8 Å². The highest BCUT2D eigenvalue weighted by Gasteiger charge is 2.33. The van der Waals surface area contributed by atoms with E-state index in [9.17, 15) is 4.79 Å². The van der Waals surface area contributed by atoms with Gasteiger partial charge in [-0.1, -0.05) is 66.4 Å². The number of anilines is 1. The van der Waals surface area contributed by atoms with Crippen LogP contribution >= 0.6 is 35.7 Å². The van der Waals surface area contributed by atoms with Crippen LogP contribution in [0.25, 0.3) is 6.08 Å². The highest BCUT2D eigenvalue weighted by molar-refractivity contribution is 8.27. The first-order chi connectivity index (χ1) is 15.6. The van der Waals surface area contributed by atoms with Crippen LogP contribution in [0.3, 0.4) is 0 Å². The van der Waals surface area contributed by atoms with Crippen molar-refractivity contribution in [2.45, 2.75) is 11.5 Å². The Labute approximate surface area is 201 Å². The molecule has 3 aromatic rings. The molecule has 0 radical (unpaired) electrons. The number of ether oxygens (including phenoxy) is 2. The van der Waals surface area contributed by atoms with Crippen LogP contribution in [-0.2, 0) is 11.4 Å². The van der Waals surface area contributed by atoms with Gasteiger partial charge in [-0.25, -0.2) is 0 Å². The maximum absolute atomic E-state index is 13.1. The number of carbonyl (C=O) groups excluding carboxylic acids is 1. The summed E-state index contributed by atoms with van der Waals surface area (Å²) in [7, 11) is 1.60. The third-order valence-electron chi connectivity index (χ3n) is 4.83. The molecule has 0 unspecified atom stereocenters. The molecule has 0 N–H and O–H groups in total. The zero-order valence-corrected chi connectivity index (χ0v) is 20.1. The number of hydrogen-bond acceptors (Lipinski definition) is 6. The van der Waals surface area contributed by atoms with Gasteiger partial charge in [0.25, 0.3) is 5.91 Å². The Kier molecular flexibility index (Phi) is 7.19.